The van der Waals surface area contributed by atoms with Crippen LogP contribution in [0.5, 0.6) is 0 Å². The second-order valence-electron chi connectivity index (χ2n) is 4.94. The van der Waals surface area contributed by atoms with E-state index < -0.39 is 0 Å². The van der Waals surface area contributed by atoms with Gasteiger partial charge in [-0.05, 0) is 38.8 Å². The van der Waals surface area contributed by atoms with Crippen LogP contribution in [0.2, 0.25) is 0 Å². The molecule has 1 fully saturated rings. The van der Waals surface area contributed by atoms with Gasteiger partial charge in [-0.2, -0.15) is 0 Å². The molecule has 0 bridgehead atoms. The lowest BCUT2D eigenvalue weighted by Crippen LogP contribution is -2.55. The first kappa shape index (κ1) is 12.2. The van der Waals surface area contributed by atoms with Gasteiger partial charge in [-0.25, -0.2) is 0 Å². The minimum Gasteiger partial charge on any atom is -0.459 e. The maximum atomic E-state index is 12.1. The highest BCUT2D eigenvalue weighted by molar-refractivity contribution is 5.93. The second-order valence-corrected chi connectivity index (χ2v) is 4.94. The van der Waals surface area contributed by atoms with Gasteiger partial charge in [0.25, 0.3) is 5.91 Å². The van der Waals surface area contributed by atoms with Crippen LogP contribution < -0.4 is 10.6 Å². The fraction of sp³-hybridized carbons (Fsp3) is 0.615. The van der Waals surface area contributed by atoms with Gasteiger partial charge in [-0.1, -0.05) is 6.92 Å². The molecule has 4 heteroatoms. The smallest absolute Gasteiger partial charge is 0.287 e. The fourth-order valence-corrected chi connectivity index (χ4v) is 2.43. The van der Waals surface area contributed by atoms with E-state index in [2.05, 4.69) is 24.5 Å². The lowest BCUT2D eigenvalue weighted by molar-refractivity contribution is 0.0868. The van der Waals surface area contributed by atoms with Gasteiger partial charge in [0.2, 0.25) is 0 Å². The summed E-state index contributed by atoms with van der Waals surface area (Å²) in [6.07, 6.45) is 2.64. The van der Waals surface area contributed by atoms with Crippen molar-refractivity contribution in [2.45, 2.75) is 39.3 Å². The van der Waals surface area contributed by atoms with Crippen LogP contribution in [0, 0.1) is 12.8 Å². The Morgan fingerprint density at radius 3 is 2.88 bits per heavy atom. The van der Waals surface area contributed by atoms with E-state index in [1.165, 1.54) is 0 Å². The molecule has 2 rings (SSSR count). The lowest BCUT2D eigenvalue weighted by atomic mass is 9.89. The molecule has 1 aromatic rings. The molecule has 0 aromatic carbocycles. The maximum Gasteiger partial charge on any atom is 0.287 e. The van der Waals surface area contributed by atoms with Crippen LogP contribution in [0.15, 0.2) is 16.7 Å². The molecule has 2 N–H and O–H groups in total. The number of carbonyl (C=O) groups excluding carboxylic acids is 1. The molecule has 0 radical (unpaired) electrons. The number of hydrogen-bond acceptors (Lipinski definition) is 3. The number of amides is 1. The Morgan fingerprint density at radius 2 is 2.29 bits per heavy atom. The van der Waals surface area contributed by atoms with E-state index >= 15 is 0 Å². The zero-order chi connectivity index (χ0) is 12.4. The van der Waals surface area contributed by atoms with E-state index in [1.54, 1.807) is 12.3 Å². The first-order valence-electron chi connectivity index (χ1n) is 6.18. The predicted octanol–water partition coefficient (Wildman–Crippen LogP) is 1.70. The molecule has 0 saturated carbocycles. The van der Waals surface area contributed by atoms with Crippen molar-refractivity contribution in [3.05, 3.63) is 23.7 Å². The van der Waals surface area contributed by atoms with Crippen molar-refractivity contribution >= 4 is 5.91 Å². The standard InChI is InChI=1S/C13H20N2O2/c1-8-4-6-14-10(3)11(8)15-13(16)12-9(2)5-7-17-12/h5,7-8,10-11,14H,4,6H2,1-3H3,(H,15,16). The van der Waals surface area contributed by atoms with Crippen LogP contribution in [0.4, 0.5) is 0 Å². The number of rotatable bonds is 2. The zero-order valence-electron chi connectivity index (χ0n) is 10.6. The third-order valence-electron chi connectivity index (χ3n) is 3.58. The highest BCUT2D eigenvalue weighted by Crippen LogP contribution is 2.17. The summed E-state index contributed by atoms with van der Waals surface area (Å²) in [7, 11) is 0. The summed E-state index contributed by atoms with van der Waals surface area (Å²) in [4.78, 5) is 12.1. The first-order valence-corrected chi connectivity index (χ1v) is 6.18. The molecule has 1 aromatic heterocycles. The van der Waals surface area contributed by atoms with Crippen LogP contribution in [0.3, 0.4) is 0 Å². The van der Waals surface area contributed by atoms with Crippen molar-refractivity contribution < 1.29 is 9.21 Å². The molecular formula is C13H20N2O2. The monoisotopic (exact) mass is 236 g/mol. The van der Waals surface area contributed by atoms with Gasteiger partial charge in [0, 0.05) is 17.6 Å². The van der Waals surface area contributed by atoms with Crippen LogP contribution >= 0.6 is 0 Å². The summed E-state index contributed by atoms with van der Waals surface area (Å²) >= 11 is 0. The molecule has 1 aliphatic rings. The molecule has 1 amide bonds. The molecule has 3 atom stereocenters. The minimum atomic E-state index is -0.111. The quantitative estimate of drug-likeness (QED) is 0.822. The van der Waals surface area contributed by atoms with Crippen molar-refractivity contribution in [3.63, 3.8) is 0 Å². The van der Waals surface area contributed by atoms with Crippen molar-refractivity contribution in [1.82, 2.24) is 10.6 Å². The Hall–Kier alpha value is -1.29. The van der Waals surface area contributed by atoms with Crippen molar-refractivity contribution in [2.75, 3.05) is 6.54 Å². The molecule has 0 aliphatic carbocycles. The van der Waals surface area contributed by atoms with Crippen LogP contribution in [-0.4, -0.2) is 24.5 Å². The van der Waals surface area contributed by atoms with E-state index in [1.807, 2.05) is 6.92 Å². The fourth-order valence-electron chi connectivity index (χ4n) is 2.43. The topological polar surface area (TPSA) is 54.3 Å². The van der Waals surface area contributed by atoms with Crippen LogP contribution in [-0.2, 0) is 0 Å². The number of hydrogen-bond donors (Lipinski definition) is 2. The molecule has 2 heterocycles. The number of furan rings is 1. The Morgan fingerprint density at radius 1 is 1.53 bits per heavy atom. The predicted molar refractivity (Wildman–Crippen MR) is 65.9 cm³/mol. The van der Waals surface area contributed by atoms with Gasteiger partial charge >= 0.3 is 0 Å². The maximum absolute atomic E-state index is 12.1. The van der Waals surface area contributed by atoms with Crippen molar-refractivity contribution in [2.24, 2.45) is 5.92 Å². The molecule has 17 heavy (non-hydrogen) atoms. The Labute approximate surface area is 102 Å². The summed E-state index contributed by atoms with van der Waals surface area (Å²) in [5, 5.41) is 6.45. The lowest BCUT2D eigenvalue weighted by Gasteiger charge is -2.35. The zero-order valence-corrected chi connectivity index (χ0v) is 10.6. The number of nitrogens with one attached hydrogen (secondary N) is 2. The van der Waals surface area contributed by atoms with Gasteiger partial charge < -0.3 is 15.1 Å². The molecule has 1 aliphatic heterocycles. The Kier molecular flexibility index (Phi) is 3.52. The highest BCUT2D eigenvalue weighted by Gasteiger charge is 2.29. The van der Waals surface area contributed by atoms with Gasteiger partial charge in [0.1, 0.15) is 0 Å². The molecule has 94 valence electrons. The molecule has 0 spiro atoms. The third kappa shape index (κ3) is 2.52. The van der Waals surface area contributed by atoms with Gasteiger partial charge in [-0.3, -0.25) is 4.79 Å². The molecule has 3 unspecified atom stereocenters. The SMILES string of the molecule is Cc1ccoc1C(=O)NC1C(C)CCNC1C. The van der Waals surface area contributed by atoms with Crippen molar-refractivity contribution in [3.8, 4) is 0 Å². The summed E-state index contributed by atoms with van der Waals surface area (Å²) in [6, 6.07) is 2.28. The minimum absolute atomic E-state index is 0.111. The van der Waals surface area contributed by atoms with E-state index in [0.29, 0.717) is 17.7 Å². The summed E-state index contributed by atoms with van der Waals surface area (Å²) in [5.41, 5.74) is 0.881. The number of piperidine rings is 1. The first-order chi connectivity index (χ1) is 8.09. The number of carbonyl (C=O) groups is 1. The Balaban J connectivity index is 2.05. The van der Waals surface area contributed by atoms with Crippen molar-refractivity contribution in [1.29, 1.82) is 0 Å². The van der Waals surface area contributed by atoms with Crippen LogP contribution in [0.1, 0.15) is 36.4 Å². The second kappa shape index (κ2) is 4.92. The molecular weight excluding hydrogens is 216 g/mol. The number of aryl methyl sites for hydroxylation is 1. The molecule has 1 saturated heterocycles. The third-order valence-corrected chi connectivity index (χ3v) is 3.58. The Bertz CT molecular complexity index is 390. The largest absolute Gasteiger partial charge is 0.459 e. The average molecular weight is 236 g/mol. The summed E-state index contributed by atoms with van der Waals surface area (Å²) < 4.78 is 5.21. The van der Waals surface area contributed by atoms with Gasteiger partial charge in [-0.15, -0.1) is 0 Å². The summed E-state index contributed by atoms with van der Waals surface area (Å²) in [5.74, 6) is 0.806. The molecule has 4 nitrogen and oxygen atoms in total. The average Bonchev–Trinajstić information content (AvgIpc) is 2.70. The van der Waals surface area contributed by atoms with Gasteiger partial charge in [0.15, 0.2) is 5.76 Å². The summed E-state index contributed by atoms with van der Waals surface area (Å²) in [6.45, 7) is 7.19. The van der Waals surface area contributed by atoms with Gasteiger partial charge in [0.05, 0.1) is 6.26 Å². The normalized spacial score (nSPS) is 29.0. The van der Waals surface area contributed by atoms with E-state index in [-0.39, 0.29) is 11.9 Å². The van der Waals surface area contributed by atoms with E-state index in [0.717, 1.165) is 18.5 Å². The van der Waals surface area contributed by atoms with E-state index in [4.69, 9.17) is 4.42 Å². The van der Waals surface area contributed by atoms with E-state index in [9.17, 15) is 4.79 Å². The highest BCUT2D eigenvalue weighted by atomic mass is 16.3. The van der Waals surface area contributed by atoms with Crippen LogP contribution in [0.25, 0.3) is 0 Å².